The van der Waals surface area contributed by atoms with E-state index in [9.17, 15) is 4.79 Å². The minimum atomic E-state index is -0.881. The maximum atomic E-state index is 11.0. The van der Waals surface area contributed by atoms with Crippen LogP contribution in [-0.4, -0.2) is 65.1 Å². The summed E-state index contributed by atoms with van der Waals surface area (Å²) in [4.78, 5) is 16.5. The Bertz CT molecular complexity index is 728. The summed E-state index contributed by atoms with van der Waals surface area (Å²) < 4.78 is 14.4. The van der Waals surface area contributed by atoms with E-state index in [-0.39, 0.29) is 0 Å². The predicted octanol–water partition coefficient (Wildman–Crippen LogP) is 1.98. The van der Waals surface area contributed by atoms with E-state index >= 15 is 0 Å². The molecule has 134 valence electrons. The van der Waals surface area contributed by atoms with Gasteiger partial charge in [0.15, 0.2) is 0 Å². The number of piperazine rings is 1. The molecule has 8 nitrogen and oxygen atoms in total. The molecule has 25 heavy (non-hydrogen) atoms. The number of hydrogen-bond donors (Lipinski definition) is 1. The lowest BCUT2D eigenvalue weighted by molar-refractivity contribution is 0.142. The molecular weight excluding hydrogens is 342 g/mol. The molecule has 1 amide bonds. The third-order valence-electron chi connectivity index (χ3n) is 4.09. The van der Waals surface area contributed by atoms with Gasteiger partial charge in [0.05, 0.1) is 11.7 Å². The van der Waals surface area contributed by atoms with Crippen LogP contribution in [0.5, 0.6) is 5.88 Å². The number of carbonyl (C=O) groups is 1. The first kappa shape index (κ1) is 17.3. The fourth-order valence-corrected chi connectivity index (χ4v) is 3.17. The topological polar surface area (TPSA) is 82.0 Å². The first-order chi connectivity index (χ1) is 12.0. The third-order valence-corrected chi connectivity index (χ3v) is 4.60. The molecule has 1 fully saturated rings. The van der Waals surface area contributed by atoms with Gasteiger partial charge in [0, 0.05) is 46.0 Å². The van der Waals surface area contributed by atoms with Gasteiger partial charge in [0.2, 0.25) is 5.82 Å². The second-order valence-corrected chi connectivity index (χ2v) is 6.53. The molecule has 0 radical (unpaired) electrons. The molecule has 2 heterocycles. The largest absolute Gasteiger partial charge is 0.470 e. The highest BCUT2D eigenvalue weighted by atomic mass is 32.1. The van der Waals surface area contributed by atoms with Crippen LogP contribution in [0.1, 0.15) is 5.56 Å². The Balaban J connectivity index is 1.63. The van der Waals surface area contributed by atoms with Crippen molar-refractivity contribution in [2.45, 2.75) is 6.61 Å². The lowest BCUT2D eigenvalue weighted by Crippen LogP contribution is -2.48. The monoisotopic (exact) mass is 363 g/mol. The molecule has 0 saturated carbocycles. The smallest absolute Gasteiger partial charge is 0.407 e. The van der Waals surface area contributed by atoms with Gasteiger partial charge in [-0.15, -0.1) is 4.37 Å². The highest BCUT2D eigenvalue weighted by Gasteiger charge is 2.25. The number of anilines is 2. The first-order valence-corrected chi connectivity index (χ1v) is 8.72. The van der Waals surface area contributed by atoms with E-state index in [1.807, 2.05) is 42.1 Å². The Labute approximate surface area is 150 Å². The molecule has 1 aromatic heterocycles. The van der Waals surface area contributed by atoms with Gasteiger partial charge < -0.3 is 24.5 Å². The lowest BCUT2D eigenvalue weighted by atomic mass is 10.2. The Morgan fingerprint density at radius 3 is 2.72 bits per heavy atom. The van der Waals surface area contributed by atoms with Crippen LogP contribution >= 0.6 is 11.7 Å². The normalized spacial score (nSPS) is 14.5. The van der Waals surface area contributed by atoms with Crippen LogP contribution in [-0.2, 0) is 6.61 Å². The van der Waals surface area contributed by atoms with Crippen molar-refractivity contribution in [3.63, 3.8) is 0 Å². The van der Waals surface area contributed by atoms with Crippen LogP contribution in [0.15, 0.2) is 24.3 Å². The van der Waals surface area contributed by atoms with Crippen molar-refractivity contribution >= 4 is 29.3 Å². The van der Waals surface area contributed by atoms with Crippen molar-refractivity contribution < 1.29 is 14.6 Å². The second kappa shape index (κ2) is 7.56. The number of ether oxygens (including phenoxy) is 1. The summed E-state index contributed by atoms with van der Waals surface area (Å²) in [5.74, 6) is 1.20. The minimum Gasteiger partial charge on any atom is -0.470 e. The van der Waals surface area contributed by atoms with E-state index in [1.165, 1.54) is 4.90 Å². The number of rotatable bonds is 5. The van der Waals surface area contributed by atoms with Gasteiger partial charge in [-0.3, -0.25) is 0 Å². The highest BCUT2D eigenvalue weighted by molar-refractivity contribution is 6.99. The quantitative estimate of drug-likeness (QED) is 0.870. The third kappa shape index (κ3) is 4.11. The summed E-state index contributed by atoms with van der Waals surface area (Å²) >= 11 is 1.11. The number of carboxylic acid groups (broad SMARTS) is 1. The summed E-state index contributed by atoms with van der Waals surface area (Å²) in [6, 6.07) is 8.13. The minimum absolute atomic E-state index is 0.412. The zero-order valence-corrected chi connectivity index (χ0v) is 15.1. The van der Waals surface area contributed by atoms with Crippen molar-refractivity contribution in [3.05, 3.63) is 29.8 Å². The second-order valence-electron chi connectivity index (χ2n) is 6.00. The van der Waals surface area contributed by atoms with Crippen molar-refractivity contribution in [1.29, 1.82) is 0 Å². The summed E-state index contributed by atoms with van der Waals surface area (Å²) in [6.45, 7) is 2.50. The molecule has 0 atom stereocenters. The molecule has 9 heteroatoms. The number of hydrogen-bond acceptors (Lipinski definition) is 7. The van der Waals surface area contributed by atoms with Crippen molar-refractivity contribution in [2.75, 3.05) is 50.1 Å². The molecule has 2 aromatic rings. The summed E-state index contributed by atoms with van der Waals surface area (Å²) in [5.41, 5.74) is 2.17. The molecule has 3 rings (SSSR count). The Morgan fingerprint density at radius 1 is 1.28 bits per heavy atom. The van der Waals surface area contributed by atoms with Crippen molar-refractivity contribution in [2.24, 2.45) is 0 Å². The van der Waals surface area contributed by atoms with Crippen LogP contribution in [0.2, 0.25) is 0 Å². The zero-order valence-electron chi connectivity index (χ0n) is 14.3. The summed E-state index contributed by atoms with van der Waals surface area (Å²) in [7, 11) is 4.00. The van der Waals surface area contributed by atoms with E-state index in [1.54, 1.807) is 0 Å². The van der Waals surface area contributed by atoms with Crippen LogP contribution < -0.4 is 14.5 Å². The first-order valence-electron chi connectivity index (χ1n) is 7.99. The average molecular weight is 363 g/mol. The van der Waals surface area contributed by atoms with Crippen LogP contribution in [0, 0.1) is 0 Å². The standard InChI is InChI=1S/C16H21N5O3S/c1-19(2)13-5-3-4-12(10-13)11-24-15-14(17-25-18-15)20-6-8-21(9-7-20)16(22)23/h3-5,10H,6-9,11H2,1-2H3,(H,22,23). The van der Waals surface area contributed by atoms with E-state index in [2.05, 4.69) is 14.8 Å². The van der Waals surface area contributed by atoms with E-state index in [4.69, 9.17) is 9.84 Å². The Kier molecular flexibility index (Phi) is 5.22. The van der Waals surface area contributed by atoms with Gasteiger partial charge >= 0.3 is 6.09 Å². The zero-order chi connectivity index (χ0) is 17.8. The maximum absolute atomic E-state index is 11.0. The fraction of sp³-hybridized carbons (Fsp3) is 0.438. The lowest BCUT2D eigenvalue weighted by Gasteiger charge is -2.33. The molecule has 1 aromatic carbocycles. The maximum Gasteiger partial charge on any atom is 0.407 e. The number of aromatic nitrogens is 2. The van der Waals surface area contributed by atoms with Crippen LogP contribution in [0.4, 0.5) is 16.3 Å². The highest BCUT2D eigenvalue weighted by Crippen LogP contribution is 2.27. The number of amides is 1. The molecule has 1 saturated heterocycles. The van der Waals surface area contributed by atoms with Crippen molar-refractivity contribution in [1.82, 2.24) is 13.6 Å². The molecule has 0 spiro atoms. The average Bonchev–Trinajstić information content (AvgIpc) is 3.09. The van der Waals surface area contributed by atoms with E-state index in [0.29, 0.717) is 44.5 Å². The van der Waals surface area contributed by atoms with E-state index in [0.717, 1.165) is 23.0 Å². The van der Waals surface area contributed by atoms with Gasteiger partial charge in [-0.25, -0.2) is 4.79 Å². The molecule has 1 aliphatic heterocycles. The Hall–Kier alpha value is -2.55. The molecule has 0 unspecified atom stereocenters. The molecule has 1 aliphatic rings. The van der Waals surface area contributed by atoms with E-state index < -0.39 is 6.09 Å². The molecule has 1 N–H and O–H groups in total. The van der Waals surface area contributed by atoms with Gasteiger partial charge in [-0.2, -0.15) is 4.37 Å². The fourth-order valence-electron chi connectivity index (χ4n) is 2.65. The number of benzene rings is 1. The van der Waals surface area contributed by atoms with Gasteiger partial charge in [0.25, 0.3) is 5.88 Å². The number of nitrogens with zero attached hydrogens (tertiary/aromatic N) is 5. The van der Waals surface area contributed by atoms with Crippen LogP contribution in [0.3, 0.4) is 0 Å². The summed E-state index contributed by atoms with van der Waals surface area (Å²) in [6.07, 6.45) is -0.881. The SMILES string of the molecule is CN(C)c1cccc(COc2nsnc2N2CCN(C(=O)O)CC2)c1. The van der Waals surface area contributed by atoms with Crippen LogP contribution in [0.25, 0.3) is 0 Å². The van der Waals surface area contributed by atoms with Gasteiger partial charge in [-0.1, -0.05) is 12.1 Å². The molecule has 0 bridgehead atoms. The predicted molar refractivity (Wildman–Crippen MR) is 96.8 cm³/mol. The summed E-state index contributed by atoms with van der Waals surface area (Å²) in [5, 5.41) is 9.03. The Morgan fingerprint density at radius 2 is 2.04 bits per heavy atom. The van der Waals surface area contributed by atoms with Crippen molar-refractivity contribution in [3.8, 4) is 5.88 Å². The molecular formula is C16H21N5O3S. The van der Waals surface area contributed by atoms with Gasteiger partial charge in [-0.05, 0) is 17.7 Å². The van der Waals surface area contributed by atoms with Gasteiger partial charge in [0.1, 0.15) is 6.61 Å². The molecule has 0 aliphatic carbocycles.